The van der Waals surface area contributed by atoms with E-state index in [2.05, 4.69) is 15.2 Å². The molecule has 1 fully saturated rings. The first kappa shape index (κ1) is 13.1. The molecule has 1 atom stereocenters. The van der Waals surface area contributed by atoms with Gasteiger partial charge in [0.15, 0.2) is 11.5 Å². The number of carbonyl (C=O) groups excluding carboxylic acids is 1. The van der Waals surface area contributed by atoms with E-state index in [9.17, 15) is 4.79 Å². The first-order valence-electron chi connectivity index (χ1n) is 6.89. The number of aromatic nitrogens is 1. The monoisotopic (exact) mass is 273 g/mol. The molecule has 0 radical (unpaired) electrons. The van der Waals surface area contributed by atoms with Gasteiger partial charge in [-0.2, -0.15) is 0 Å². The SMILES string of the molecule is Cc1nc2cc(NC(=O)C3(C)CCCN3C)ccc2o1. The molecular weight excluding hydrogens is 254 g/mol. The van der Waals surface area contributed by atoms with E-state index in [0.717, 1.165) is 36.2 Å². The first-order valence-corrected chi connectivity index (χ1v) is 6.89. The average Bonchev–Trinajstić information content (AvgIpc) is 2.92. The number of amides is 1. The van der Waals surface area contributed by atoms with Gasteiger partial charge in [0.05, 0.1) is 5.54 Å². The number of hydrogen-bond donors (Lipinski definition) is 1. The summed E-state index contributed by atoms with van der Waals surface area (Å²) in [6, 6.07) is 5.54. The molecule has 1 aliphatic rings. The fourth-order valence-electron chi connectivity index (χ4n) is 2.77. The number of rotatable bonds is 2. The molecule has 1 aromatic carbocycles. The highest BCUT2D eigenvalue weighted by Crippen LogP contribution is 2.29. The molecular formula is C15H19N3O2. The molecule has 20 heavy (non-hydrogen) atoms. The highest BCUT2D eigenvalue weighted by Gasteiger charge is 2.40. The minimum absolute atomic E-state index is 0.0390. The smallest absolute Gasteiger partial charge is 0.244 e. The second-order valence-corrected chi connectivity index (χ2v) is 5.67. The van der Waals surface area contributed by atoms with E-state index in [1.807, 2.05) is 39.1 Å². The van der Waals surface area contributed by atoms with Crippen molar-refractivity contribution in [3.8, 4) is 0 Å². The number of fused-ring (bicyclic) bond motifs is 1. The van der Waals surface area contributed by atoms with Crippen LogP contribution in [-0.2, 0) is 4.79 Å². The lowest BCUT2D eigenvalue weighted by Gasteiger charge is -2.30. The number of aryl methyl sites for hydroxylation is 1. The number of nitrogens with zero attached hydrogens (tertiary/aromatic N) is 2. The summed E-state index contributed by atoms with van der Waals surface area (Å²) in [5, 5.41) is 2.99. The van der Waals surface area contributed by atoms with Gasteiger partial charge in [-0.3, -0.25) is 9.69 Å². The summed E-state index contributed by atoms with van der Waals surface area (Å²) in [6.45, 7) is 4.77. The summed E-state index contributed by atoms with van der Waals surface area (Å²) in [5.41, 5.74) is 1.85. The van der Waals surface area contributed by atoms with Crippen LogP contribution in [0.15, 0.2) is 22.6 Å². The lowest BCUT2D eigenvalue weighted by Crippen LogP contribution is -2.48. The first-order chi connectivity index (χ1) is 9.49. The van der Waals surface area contributed by atoms with Crippen LogP contribution in [0.25, 0.3) is 11.1 Å². The second kappa shape index (κ2) is 4.59. The molecule has 5 heteroatoms. The summed E-state index contributed by atoms with van der Waals surface area (Å²) < 4.78 is 5.43. The van der Waals surface area contributed by atoms with Crippen molar-refractivity contribution in [2.24, 2.45) is 0 Å². The molecule has 2 aromatic rings. The fourth-order valence-corrected chi connectivity index (χ4v) is 2.77. The van der Waals surface area contributed by atoms with Crippen molar-refractivity contribution in [2.45, 2.75) is 32.2 Å². The van der Waals surface area contributed by atoms with Gasteiger partial charge in [0, 0.05) is 12.6 Å². The minimum atomic E-state index is -0.422. The third-order valence-electron chi connectivity index (χ3n) is 4.24. The Balaban J connectivity index is 1.83. The van der Waals surface area contributed by atoms with Gasteiger partial charge in [0.1, 0.15) is 5.52 Å². The number of anilines is 1. The van der Waals surface area contributed by atoms with E-state index in [1.54, 1.807) is 0 Å². The molecule has 0 spiro atoms. The lowest BCUT2D eigenvalue weighted by atomic mass is 9.98. The number of likely N-dealkylation sites (N-methyl/N-ethyl adjacent to an activating group) is 1. The summed E-state index contributed by atoms with van der Waals surface area (Å²) in [5.74, 6) is 0.669. The van der Waals surface area contributed by atoms with Crippen LogP contribution in [0.2, 0.25) is 0 Å². The molecule has 1 amide bonds. The zero-order chi connectivity index (χ0) is 14.3. The molecule has 1 unspecified atom stereocenters. The van der Waals surface area contributed by atoms with Gasteiger partial charge in [-0.15, -0.1) is 0 Å². The molecule has 1 saturated heterocycles. The van der Waals surface area contributed by atoms with Gasteiger partial charge >= 0.3 is 0 Å². The van der Waals surface area contributed by atoms with Crippen molar-refractivity contribution in [2.75, 3.05) is 18.9 Å². The van der Waals surface area contributed by atoms with Gasteiger partial charge in [0.25, 0.3) is 0 Å². The lowest BCUT2D eigenvalue weighted by molar-refractivity contribution is -0.124. The minimum Gasteiger partial charge on any atom is -0.441 e. The van der Waals surface area contributed by atoms with Gasteiger partial charge in [-0.05, 0) is 51.6 Å². The number of nitrogens with one attached hydrogen (secondary N) is 1. The third kappa shape index (κ3) is 2.08. The van der Waals surface area contributed by atoms with Crippen molar-refractivity contribution in [3.63, 3.8) is 0 Å². The van der Waals surface area contributed by atoms with E-state index in [4.69, 9.17) is 4.42 Å². The molecule has 0 bridgehead atoms. The van der Waals surface area contributed by atoms with E-state index < -0.39 is 5.54 Å². The summed E-state index contributed by atoms with van der Waals surface area (Å²) in [4.78, 5) is 18.9. The Bertz CT molecular complexity index is 664. The number of hydrogen-bond acceptors (Lipinski definition) is 4. The average molecular weight is 273 g/mol. The van der Waals surface area contributed by atoms with Crippen LogP contribution in [0.4, 0.5) is 5.69 Å². The molecule has 5 nitrogen and oxygen atoms in total. The Morgan fingerprint density at radius 3 is 3.00 bits per heavy atom. The predicted octanol–water partition coefficient (Wildman–Crippen LogP) is 2.56. The highest BCUT2D eigenvalue weighted by atomic mass is 16.3. The summed E-state index contributed by atoms with van der Waals surface area (Å²) in [7, 11) is 2.00. The predicted molar refractivity (Wildman–Crippen MR) is 77.6 cm³/mol. The van der Waals surface area contributed by atoms with Crippen molar-refractivity contribution < 1.29 is 9.21 Å². The maximum atomic E-state index is 12.5. The van der Waals surface area contributed by atoms with Gasteiger partial charge < -0.3 is 9.73 Å². The van der Waals surface area contributed by atoms with E-state index in [-0.39, 0.29) is 5.91 Å². The molecule has 1 N–H and O–H groups in total. The highest BCUT2D eigenvalue weighted by molar-refractivity contribution is 5.99. The number of likely N-dealkylation sites (tertiary alicyclic amines) is 1. The van der Waals surface area contributed by atoms with Crippen LogP contribution in [0.1, 0.15) is 25.7 Å². The summed E-state index contributed by atoms with van der Waals surface area (Å²) >= 11 is 0. The van der Waals surface area contributed by atoms with Gasteiger partial charge in [-0.25, -0.2) is 4.98 Å². The Hall–Kier alpha value is -1.88. The Morgan fingerprint density at radius 2 is 2.30 bits per heavy atom. The Labute approximate surface area is 118 Å². The molecule has 1 aliphatic heterocycles. The topological polar surface area (TPSA) is 58.4 Å². The van der Waals surface area contributed by atoms with Crippen LogP contribution in [0, 0.1) is 6.92 Å². The summed E-state index contributed by atoms with van der Waals surface area (Å²) in [6.07, 6.45) is 1.95. The number of oxazole rings is 1. The van der Waals surface area contributed by atoms with Crippen LogP contribution < -0.4 is 5.32 Å². The zero-order valence-electron chi connectivity index (χ0n) is 12.1. The quantitative estimate of drug-likeness (QED) is 0.913. The van der Waals surface area contributed by atoms with E-state index in [0.29, 0.717) is 5.89 Å². The van der Waals surface area contributed by atoms with Crippen molar-refractivity contribution in [3.05, 3.63) is 24.1 Å². The standard InChI is InChI=1S/C15H19N3O2/c1-10-16-12-9-11(5-6-13(12)20-10)17-14(19)15(2)7-4-8-18(15)3/h5-6,9H,4,7-8H2,1-3H3,(H,17,19). The largest absolute Gasteiger partial charge is 0.441 e. The van der Waals surface area contributed by atoms with Crippen LogP contribution in [0.3, 0.4) is 0 Å². The maximum absolute atomic E-state index is 12.5. The fraction of sp³-hybridized carbons (Fsp3) is 0.467. The number of carbonyl (C=O) groups is 1. The Kier molecular flexibility index (Phi) is 3.01. The van der Waals surface area contributed by atoms with E-state index in [1.165, 1.54) is 0 Å². The zero-order valence-corrected chi connectivity index (χ0v) is 12.1. The second-order valence-electron chi connectivity index (χ2n) is 5.67. The number of benzene rings is 1. The molecule has 0 aliphatic carbocycles. The Morgan fingerprint density at radius 1 is 1.50 bits per heavy atom. The molecule has 106 valence electrons. The van der Waals surface area contributed by atoms with Gasteiger partial charge in [0.2, 0.25) is 5.91 Å². The van der Waals surface area contributed by atoms with Crippen molar-refractivity contribution >= 4 is 22.7 Å². The van der Waals surface area contributed by atoms with Gasteiger partial charge in [-0.1, -0.05) is 0 Å². The molecule has 2 heterocycles. The maximum Gasteiger partial charge on any atom is 0.244 e. The van der Waals surface area contributed by atoms with E-state index >= 15 is 0 Å². The van der Waals surface area contributed by atoms with Crippen LogP contribution in [0.5, 0.6) is 0 Å². The van der Waals surface area contributed by atoms with Crippen molar-refractivity contribution in [1.82, 2.24) is 9.88 Å². The van der Waals surface area contributed by atoms with Crippen LogP contribution in [-0.4, -0.2) is 34.9 Å². The third-order valence-corrected chi connectivity index (χ3v) is 4.24. The molecule has 0 saturated carbocycles. The molecule has 1 aromatic heterocycles. The molecule has 3 rings (SSSR count). The van der Waals surface area contributed by atoms with Crippen molar-refractivity contribution in [1.29, 1.82) is 0 Å². The normalized spacial score (nSPS) is 23.4. The van der Waals surface area contributed by atoms with Crippen LogP contribution >= 0.6 is 0 Å².